The van der Waals surface area contributed by atoms with Gasteiger partial charge >= 0.3 is 0 Å². The number of nitrogens with two attached hydrogens (primary N) is 1. The Balaban J connectivity index is 2.09. The average molecular weight is 265 g/mol. The Morgan fingerprint density at radius 1 is 1.00 bits per heavy atom. The van der Waals surface area contributed by atoms with Gasteiger partial charge in [-0.2, -0.15) is 5.10 Å². The van der Waals surface area contributed by atoms with E-state index in [-0.39, 0.29) is 0 Å². The fourth-order valence-electron chi connectivity index (χ4n) is 2.16. The molecule has 0 aliphatic rings. The van der Waals surface area contributed by atoms with Gasteiger partial charge in [0, 0.05) is 11.6 Å². The summed E-state index contributed by atoms with van der Waals surface area (Å²) in [6, 6.07) is 19.4. The summed E-state index contributed by atoms with van der Waals surface area (Å²) < 4.78 is 7.09. The smallest absolute Gasteiger partial charge is 0.128 e. The van der Waals surface area contributed by atoms with Crippen LogP contribution in [-0.2, 0) is 0 Å². The number of nitrogens with zero attached hydrogens (tertiary/aromatic N) is 2. The van der Waals surface area contributed by atoms with Crippen LogP contribution in [0, 0.1) is 0 Å². The molecule has 2 aromatic carbocycles. The fourth-order valence-corrected chi connectivity index (χ4v) is 2.16. The van der Waals surface area contributed by atoms with E-state index < -0.39 is 0 Å². The zero-order chi connectivity index (χ0) is 13.9. The van der Waals surface area contributed by atoms with Crippen molar-refractivity contribution in [1.29, 1.82) is 0 Å². The summed E-state index contributed by atoms with van der Waals surface area (Å²) in [4.78, 5) is 0. The zero-order valence-electron chi connectivity index (χ0n) is 11.2. The van der Waals surface area contributed by atoms with Crippen LogP contribution in [0.5, 0.6) is 5.75 Å². The second kappa shape index (κ2) is 5.09. The lowest BCUT2D eigenvalue weighted by atomic mass is 10.1. The second-order valence-corrected chi connectivity index (χ2v) is 4.40. The van der Waals surface area contributed by atoms with Crippen molar-refractivity contribution >= 4 is 5.82 Å². The monoisotopic (exact) mass is 265 g/mol. The summed E-state index contributed by atoms with van der Waals surface area (Å²) in [5.41, 5.74) is 8.72. The molecule has 4 heteroatoms. The Hall–Kier alpha value is -2.75. The zero-order valence-corrected chi connectivity index (χ0v) is 11.2. The quantitative estimate of drug-likeness (QED) is 0.791. The molecule has 0 aliphatic heterocycles. The van der Waals surface area contributed by atoms with Crippen molar-refractivity contribution in [1.82, 2.24) is 9.78 Å². The van der Waals surface area contributed by atoms with Crippen molar-refractivity contribution < 1.29 is 4.74 Å². The van der Waals surface area contributed by atoms with E-state index in [1.165, 1.54) is 0 Å². The van der Waals surface area contributed by atoms with Gasteiger partial charge in [0.1, 0.15) is 11.6 Å². The number of ether oxygens (including phenoxy) is 1. The van der Waals surface area contributed by atoms with Gasteiger partial charge in [0.05, 0.1) is 18.5 Å². The predicted octanol–water partition coefficient (Wildman–Crippen LogP) is 3.13. The molecule has 3 rings (SSSR count). The number of nitrogen functional groups attached to an aromatic ring is 1. The molecule has 0 atom stereocenters. The molecule has 4 nitrogen and oxygen atoms in total. The molecule has 0 amide bonds. The van der Waals surface area contributed by atoms with Crippen LogP contribution in [0.4, 0.5) is 5.82 Å². The van der Waals surface area contributed by atoms with E-state index in [1.807, 2.05) is 60.7 Å². The van der Waals surface area contributed by atoms with Crippen molar-refractivity contribution in [2.45, 2.75) is 0 Å². The maximum absolute atomic E-state index is 6.06. The van der Waals surface area contributed by atoms with Gasteiger partial charge in [-0.15, -0.1) is 0 Å². The average Bonchev–Trinajstić information content (AvgIpc) is 2.90. The first kappa shape index (κ1) is 12.3. The Bertz CT molecular complexity index is 720. The molecule has 3 aromatic rings. The van der Waals surface area contributed by atoms with Crippen LogP contribution in [0.15, 0.2) is 60.7 Å². The number of para-hydroxylation sites is 2. The van der Waals surface area contributed by atoms with Crippen LogP contribution in [0.25, 0.3) is 16.9 Å². The minimum absolute atomic E-state index is 0.595. The number of benzene rings is 2. The standard InChI is InChI=1S/C16H15N3O/c1-20-15-10-6-5-9-13(15)14-11-16(17)19(18-14)12-7-3-2-4-8-12/h2-11H,17H2,1H3. The molecular formula is C16H15N3O. The molecule has 0 bridgehead atoms. The molecule has 0 aliphatic carbocycles. The minimum Gasteiger partial charge on any atom is -0.496 e. The van der Waals surface area contributed by atoms with Crippen LogP contribution in [-0.4, -0.2) is 16.9 Å². The van der Waals surface area contributed by atoms with Gasteiger partial charge in [0.2, 0.25) is 0 Å². The van der Waals surface area contributed by atoms with E-state index in [0.717, 1.165) is 22.7 Å². The van der Waals surface area contributed by atoms with Gasteiger partial charge in [-0.25, -0.2) is 4.68 Å². The summed E-state index contributed by atoms with van der Waals surface area (Å²) in [5.74, 6) is 1.38. The van der Waals surface area contributed by atoms with Gasteiger partial charge in [0.15, 0.2) is 0 Å². The Labute approximate surface area is 117 Å². The summed E-state index contributed by atoms with van der Waals surface area (Å²) in [6.45, 7) is 0. The first-order valence-corrected chi connectivity index (χ1v) is 6.34. The van der Waals surface area contributed by atoms with E-state index in [0.29, 0.717) is 5.82 Å². The number of aromatic nitrogens is 2. The summed E-state index contributed by atoms with van der Waals surface area (Å²) in [6.07, 6.45) is 0. The Morgan fingerprint density at radius 3 is 2.45 bits per heavy atom. The summed E-state index contributed by atoms with van der Waals surface area (Å²) in [5, 5.41) is 4.57. The molecular weight excluding hydrogens is 250 g/mol. The lowest BCUT2D eigenvalue weighted by molar-refractivity contribution is 0.416. The van der Waals surface area contributed by atoms with Crippen molar-refractivity contribution in [3.63, 3.8) is 0 Å². The molecule has 0 saturated carbocycles. The summed E-state index contributed by atoms with van der Waals surface area (Å²) in [7, 11) is 1.65. The molecule has 0 saturated heterocycles. The number of methoxy groups -OCH3 is 1. The molecule has 0 spiro atoms. The number of anilines is 1. The van der Waals surface area contributed by atoms with E-state index in [9.17, 15) is 0 Å². The molecule has 2 N–H and O–H groups in total. The third kappa shape index (κ3) is 2.12. The van der Waals surface area contributed by atoms with Gasteiger partial charge in [0.25, 0.3) is 0 Å². The van der Waals surface area contributed by atoms with Gasteiger partial charge < -0.3 is 10.5 Å². The second-order valence-electron chi connectivity index (χ2n) is 4.40. The van der Waals surface area contributed by atoms with Crippen LogP contribution in [0.2, 0.25) is 0 Å². The van der Waals surface area contributed by atoms with Crippen molar-refractivity contribution in [3.05, 3.63) is 60.7 Å². The fraction of sp³-hybridized carbons (Fsp3) is 0.0625. The normalized spacial score (nSPS) is 10.4. The first-order chi connectivity index (χ1) is 9.79. The number of hydrogen-bond donors (Lipinski definition) is 1. The molecule has 0 unspecified atom stereocenters. The summed E-state index contributed by atoms with van der Waals surface area (Å²) >= 11 is 0. The molecule has 1 heterocycles. The van der Waals surface area contributed by atoms with Crippen molar-refractivity contribution in [2.24, 2.45) is 0 Å². The van der Waals surface area contributed by atoms with Gasteiger partial charge in [-0.05, 0) is 24.3 Å². The van der Waals surface area contributed by atoms with Crippen LogP contribution in [0.1, 0.15) is 0 Å². The lowest BCUT2D eigenvalue weighted by Gasteiger charge is -2.05. The van der Waals surface area contributed by atoms with E-state index in [1.54, 1.807) is 11.8 Å². The van der Waals surface area contributed by atoms with Gasteiger partial charge in [-0.3, -0.25) is 0 Å². The van der Waals surface area contributed by atoms with Crippen LogP contribution < -0.4 is 10.5 Å². The third-order valence-electron chi connectivity index (χ3n) is 3.12. The molecule has 1 aromatic heterocycles. The van der Waals surface area contributed by atoms with Crippen LogP contribution >= 0.6 is 0 Å². The molecule has 100 valence electrons. The van der Waals surface area contributed by atoms with E-state index in [2.05, 4.69) is 5.10 Å². The number of rotatable bonds is 3. The van der Waals surface area contributed by atoms with E-state index in [4.69, 9.17) is 10.5 Å². The predicted molar refractivity (Wildman–Crippen MR) is 80.0 cm³/mol. The first-order valence-electron chi connectivity index (χ1n) is 6.34. The largest absolute Gasteiger partial charge is 0.496 e. The van der Waals surface area contributed by atoms with Gasteiger partial charge in [-0.1, -0.05) is 30.3 Å². The maximum Gasteiger partial charge on any atom is 0.128 e. The van der Waals surface area contributed by atoms with Crippen molar-refractivity contribution in [2.75, 3.05) is 12.8 Å². The molecule has 0 fully saturated rings. The molecule has 20 heavy (non-hydrogen) atoms. The third-order valence-corrected chi connectivity index (χ3v) is 3.12. The highest BCUT2D eigenvalue weighted by atomic mass is 16.5. The van der Waals surface area contributed by atoms with Crippen LogP contribution in [0.3, 0.4) is 0 Å². The Kier molecular flexibility index (Phi) is 3.13. The lowest BCUT2D eigenvalue weighted by Crippen LogP contribution is -2.01. The number of hydrogen-bond acceptors (Lipinski definition) is 3. The SMILES string of the molecule is COc1ccccc1-c1cc(N)n(-c2ccccc2)n1. The van der Waals surface area contributed by atoms with Crippen molar-refractivity contribution in [3.8, 4) is 22.7 Å². The topological polar surface area (TPSA) is 53.1 Å². The Morgan fingerprint density at radius 2 is 1.70 bits per heavy atom. The highest BCUT2D eigenvalue weighted by molar-refractivity contribution is 5.69. The molecule has 0 radical (unpaired) electrons. The minimum atomic E-state index is 0.595. The maximum atomic E-state index is 6.06. The highest BCUT2D eigenvalue weighted by Gasteiger charge is 2.12. The van der Waals surface area contributed by atoms with E-state index >= 15 is 0 Å². The highest BCUT2D eigenvalue weighted by Crippen LogP contribution is 2.30.